The molecular formula is C13H19BrN2O3. The largest absolute Gasteiger partial charge is 0.492 e. The first-order valence-electron chi connectivity index (χ1n) is 6.21. The fraction of sp³-hybridized carbons (Fsp3) is 0.462. The zero-order valence-corrected chi connectivity index (χ0v) is 12.7. The SMILES string of the molecule is CCOc1ccc(Br)cc1NC(=O)NC(CC)CO. The summed E-state index contributed by atoms with van der Waals surface area (Å²) in [7, 11) is 0. The molecule has 0 bridgehead atoms. The number of halogens is 1. The monoisotopic (exact) mass is 330 g/mol. The summed E-state index contributed by atoms with van der Waals surface area (Å²) in [5, 5.41) is 14.5. The zero-order chi connectivity index (χ0) is 14.3. The number of rotatable bonds is 6. The van der Waals surface area contributed by atoms with E-state index in [2.05, 4.69) is 26.6 Å². The Balaban J connectivity index is 2.74. The Kier molecular flexibility index (Phi) is 6.66. The van der Waals surface area contributed by atoms with Crippen molar-refractivity contribution >= 4 is 27.6 Å². The van der Waals surface area contributed by atoms with Crippen LogP contribution in [0.3, 0.4) is 0 Å². The number of carbonyl (C=O) groups excluding carboxylic acids is 1. The lowest BCUT2D eigenvalue weighted by molar-refractivity contribution is 0.222. The summed E-state index contributed by atoms with van der Waals surface area (Å²) in [4.78, 5) is 11.8. The molecule has 2 amide bonds. The van der Waals surface area contributed by atoms with Crippen molar-refractivity contribution in [2.45, 2.75) is 26.3 Å². The number of anilines is 1. The Labute approximate surface area is 121 Å². The van der Waals surface area contributed by atoms with Crippen LogP contribution in [-0.2, 0) is 0 Å². The molecule has 3 N–H and O–H groups in total. The van der Waals surface area contributed by atoms with Crippen LogP contribution >= 0.6 is 15.9 Å². The van der Waals surface area contributed by atoms with Gasteiger partial charge in [-0.2, -0.15) is 0 Å². The molecule has 19 heavy (non-hydrogen) atoms. The highest BCUT2D eigenvalue weighted by Crippen LogP contribution is 2.28. The van der Waals surface area contributed by atoms with Crippen molar-refractivity contribution < 1.29 is 14.6 Å². The van der Waals surface area contributed by atoms with E-state index in [1.165, 1.54) is 0 Å². The van der Waals surface area contributed by atoms with Crippen LogP contribution in [0.2, 0.25) is 0 Å². The van der Waals surface area contributed by atoms with E-state index in [-0.39, 0.29) is 18.7 Å². The predicted octanol–water partition coefficient (Wildman–Crippen LogP) is 2.74. The number of hydrogen-bond acceptors (Lipinski definition) is 3. The molecule has 0 aliphatic carbocycles. The van der Waals surface area contributed by atoms with E-state index in [1.54, 1.807) is 12.1 Å². The average Bonchev–Trinajstić information content (AvgIpc) is 2.39. The van der Waals surface area contributed by atoms with Crippen LogP contribution in [-0.4, -0.2) is 30.4 Å². The minimum atomic E-state index is -0.361. The molecular weight excluding hydrogens is 312 g/mol. The number of aliphatic hydroxyl groups is 1. The van der Waals surface area contributed by atoms with Gasteiger partial charge in [0.25, 0.3) is 0 Å². The Hall–Kier alpha value is -1.27. The van der Waals surface area contributed by atoms with Crippen LogP contribution < -0.4 is 15.4 Å². The van der Waals surface area contributed by atoms with Gasteiger partial charge in [-0.25, -0.2) is 4.79 Å². The highest BCUT2D eigenvalue weighted by molar-refractivity contribution is 9.10. The fourth-order valence-electron chi connectivity index (χ4n) is 1.50. The molecule has 1 unspecified atom stereocenters. The summed E-state index contributed by atoms with van der Waals surface area (Å²) in [6.07, 6.45) is 0.667. The maximum atomic E-state index is 11.8. The van der Waals surface area contributed by atoms with Gasteiger partial charge in [-0.15, -0.1) is 0 Å². The molecule has 6 heteroatoms. The lowest BCUT2D eigenvalue weighted by Crippen LogP contribution is -2.39. The molecule has 1 aromatic rings. The fourth-order valence-corrected chi connectivity index (χ4v) is 1.86. The third-order valence-corrected chi connectivity index (χ3v) is 3.03. The molecule has 0 radical (unpaired) electrons. The molecule has 106 valence electrons. The molecule has 1 aromatic carbocycles. The number of aliphatic hydroxyl groups excluding tert-OH is 1. The smallest absolute Gasteiger partial charge is 0.319 e. The first-order valence-corrected chi connectivity index (χ1v) is 7.00. The molecule has 0 aliphatic rings. The van der Waals surface area contributed by atoms with Gasteiger partial charge in [0, 0.05) is 4.47 Å². The van der Waals surface area contributed by atoms with Gasteiger partial charge >= 0.3 is 6.03 Å². The van der Waals surface area contributed by atoms with Gasteiger partial charge < -0.3 is 20.5 Å². The summed E-state index contributed by atoms with van der Waals surface area (Å²) in [6.45, 7) is 4.21. The standard InChI is InChI=1S/C13H19BrN2O3/c1-3-10(8-17)15-13(18)16-11-7-9(14)5-6-12(11)19-4-2/h5-7,10,17H,3-4,8H2,1-2H3,(H2,15,16,18). The van der Waals surface area contributed by atoms with Gasteiger partial charge in [-0.05, 0) is 31.5 Å². The highest BCUT2D eigenvalue weighted by Gasteiger charge is 2.12. The quantitative estimate of drug-likeness (QED) is 0.751. The summed E-state index contributed by atoms with van der Waals surface area (Å²) in [5.41, 5.74) is 0.585. The summed E-state index contributed by atoms with van der Waals surface area (Å²) < 4.78 is 6.29. The van der Waals surface area contributed by atoms with Gasteiger partial charge in [-0.3, -0.25) is 0 Å². The summed E-state index contributed by atoms with van der Waals surface area (Å²) >= 11 is 3.35. The number of ether oxygens (including phenoxy) is 1. The minimum absolute atomic E-state index is 0.0826. The number of urea groups is 1. The van der Waals surface area contributed by atoms with Crippen LogP contribution in [0.15, 0.2) is 22.7 Å². The number of amides is 2. The number of carbonyl (C=O) groups is 1. The first-order chi connectivity index (χ1) is 9.10. The van der Waals surface area contributed by atoms with E-state index in [9.17, 15) is 4.79 Å². The topological polar surface area (TPSA) is 70.6 Å². The van der Waals surface area contributed by atoms with Crippen molar-refractivity contribution in [3.05, 3.63) is 22.7 Å². The van der Waals surface area contributed by atoms with E-state index in [4.69, 9.17) is 9.84 Å². The lowest BCUT2D eigenvalue weighted by Gasteiger charge is -2.16. The van der Waals surface area contributed by atoms with Gasteiger partial charge in [-0.1, -0.05) is 22.9 Å². The normalized spacial score (nSPS) is 11.8. The maximum absolute atomic E-state index is 11.8. The molecule has 0 aliphatic heterocycles. The van der Waals surface area contributed by atoms with Gasteiger partial charge in [0.05, 0.1) is 24.9 Å². The van der Waals surface area contributed by atoms with Gasteiger partial charge in [0.1, 0.15) is 5.75 Å². The Morgan fingerprint density at radius 2 is 2.21 bits per heavy atom. The molecule has 0 saturated carbocycles. The molecule has 5 nitrogen and oxygen atoms in total. The van der Waals surface area contributed by atoms with Crippen molar-refractivity contribution in [2.75, 3.05) is 18.5 Å². The lowest BCUT2D eigenvalue weighted by atomic mass is 10.2. The van der Waals surface area contributed by atoms with Crippen molar-refractivity contribution in [1.29, 1.82) is 0 Å². The van der Waals surface area contributed by atoms with Crippen LogP contribution in [0.1, 0.15) is 20.3 Å². The number of benzene rings is 1. The van der Waals surface area contributed by atoms with E-state index in [0.717, 1.165) is 4.47 Å². The van der Waals surface area contributed by atoms with Crippen LogP contribution in [0.25, 0.3) is 0 Å². The van der Waals surface area contributed by atoms with Gasteiger partial charge in [0.15, 0.2) is 0 Å². The third kappa shape index (κ3) is 5.08. The second-order valence-electron chi connectivity index (χ2n) is 3.96. The van der Waals surface area contributed by atoms with E-state index >= 15 is 0 Å². The zero-order valence-electron chi connectivity index (χ0n) is 11.1. The van der Waals surface area contributed by atoms with E-state index < -0.39 is 0 Å². The van der Waals surface area contributed by atoms with Crippen LogP contribution in [0.4, 0.5) is 10.5 Å². The third-order valence-electron chi connectivity index (χ3n) is 2.54. The summed E-state index contributed by atoms with van der Waals surface area (Å²) in [5.74, 6) is 0.609. The van der Waals surface area contributed by atoms with E-state index in [1.807, 2.05) is 19.9 Å². The Morgan fingerprint density at radius 1 is 1.47 bits per heavy atom. The average molecular weight is 331 g/mol. The molecule has 0 heterocycles. The van der Waals surface area contributed by atoms with E-state index in [0.29, 0.717) is 24.5 Å². The summed E-state index contributed by atoms with van der Waals surface area (Å²) in [6, 6.07) is 4.79. The van der Waals surface area contributed by atoms with Crippen LogP contribution in [0, 0.1) is 0 Å². The van der Waals surface area contributed by atoms with Crippen molar-refractivity contribution in [3.8, 4) is 5.75 Å². The number of hydrogen-bond donors (Lipinski definition) is 3. The Morgan fingerprint density at radius 3 is 2.79 bits per heavy atom. The molecule has 1 atom stereocenters. The molecule has 0 spiro atoms. The molecule has 0 fully saturated rings. The highest BCUT2D eigenvalue weighted by atomic mass is 79.9. The molecule has 1 rings (SSSR count). The Bertz CT molecular complexity index is 422. The van der Waals surface area contributed by atoms with Crippen molar-refractivity contribution in [3.63, 3.8) is 0 Å². The second kappa shape index (κ2) is 8.01. The number of nitrogens with one attached hydrogen (secondary N) is 2. The molecule has 0 saturated heterocycles. The predicted molar refractivity (Wildman–Crippen MR) is 78.6 cm³/mol. The maximum Gasteiger partial charge on any atom is 0.319 e. The van der Waals surface area contributed by atoms with Crippen molar-refractivity contribution in [2.24, 2.45) is 0 Å². The first kappa shape index (κ1) is 15.8. The minimum Gasteiger partial charge on any atom is -0.492 e. The van der Waals surface area contributed by atoms with Crippen molar-refractivity contribution in [1.82, 2.24) is 5.32 Å². The van der Waals surface area contributed by atoms with Crippen LogP contribution in [0.5, 0.6) is 5.75 Å². The van der Waals surface area contributed by atoms with Gasteiger partial charge in [0.2, 0.25) is 0 Å². The second-order valence-corrected chi connectivity index (χ2v) is 4.88. The molecule has 0 aromatic heterocycles.